The first-order chi connectivity index (χ1) is 18.1. The van der Waals surface area contributed by atoms with Crippen molar-refractivity contribution in [3.63, 3.8) is 0 Å². The number of methoxy groups -OCH3 is 2. The van der Waals surface area contributed by atoms with E-state index in [4.69, 9.17) is 24.4 Å². The molecular formula is C30H28N2O5S. The van der Waals surface area contributed by atoms with E-state index in [0.29, 0.717) is 11.6 Å². The van der Waals surface area contributed by atoms with Gasteiger partial charge in [-0.1, -0.05) is 48.5 Å². The Morgan fingerprint density at radius 3 is 2.24 bits per heavy atom. The van der Waals surface area contributed by atoms with Gasteiger partial charge in [-0.2, -0.15) is 8.42 Å². The van der Waals surface area contributed by atoms with Crippen LogP contribution in [0.2, 0.25) is 0 Å². The van der Waals surface area contributed by atoms with Gasteiger partial charge in [0.15, 0.2) is 0 Å². The fourth-order valence-corrected chi connectivity index (χ4v) is 5.48. The van der Waals surface area contributed by atoms with Crippen LogP contribution in [0.3, 0.4) is 0 Å². The number of hydrogen-bond donors (Lipinski definition) is 1. The average Bonchev–Trinajstić information content (AvgIpc) is 3.21. The van der Waals surface area contributed by atoms with Crippen molar-refractivity contribution in [3.8, 4) is 28.4 Å². The van der Waals surface area contributed by atoms with Crippen LogP contribution in [0.5, 0.6) is 17.2 Å². The molecular weight excluding hydrogens is 500 g/mol. The van der Waals surface area contributed by atoms with Crippen molar-refractivity contribution in [2.24, 2.45) is 10.7 Å². The molecule has 1 aliphatic heterocycles. The van der Waals surface area contributed by atoms with Gasteiger partial charge in [-0.15, -0.1) is 0 Å². The van der Waals surface area contributed by atoms with Crippen LogP contribution >= 0.6 is 0 Å². The Labute approximate surface area is 222 Å². The number of hydrogen-bond acceptors (Lipinski definition) is 7. The first-order valence-electron chi connectivity index (χ1n) is 11.9. The molecule has 4 aromatic carbocycles. The summed E-state index contributed by atoms with van der Waals surface area (Å²) in [5.41, 5.74) is 11.9. The second kappa shape index (κ2) is 9.54. The van der Waals surface area contributed by atoms with Crippen molar-refractivity contribution in [1.29, 1.82) is 0 Å². The largest absolute Gasteiger partial charge is 0.497 e. The van der Waals surface area contributed by atoms with Crippen molar-refractivity contribution in [3.05, 3.63) is 113 Å². The zero-order valence-corrected chi connectivity index (χ0v) is 22.4. The van der Waals surface area contributed by atoms with E-state index in [1.165, 1.54) is 13.2 Å². The molecule has 0 aromatic heterocycles. The number of amidine groups is 1. The van der Waals surface area contributed by atoms with E-state index in [2.05, 4.69) is 12.1 Å². The number of aliphatic imine (C=N–C) groups is 1. The maximum atomic E-state index is 11.8. The highest BCUT2D eigenvalue weighted by molar-refractivity contribution is 7.86. The van der Waals surface area contributed by atoms with Gasteiger partial charge >= 0.3 is 10.1 Å². The zero-order chi connectivity index (χ0) is 27.1. The van der Waals surface area contributed by atoms with E-state index in [1.807, 2.05) is 67.6 Å². The van der Waals surface area contributed by atoms with Crippen molar-refractivity contribution in [2.75, 3.05) is 20.5 Å². The van der Waals surface area contributed by atoms with E-state index in [9.17, 15) is 8.42 Å². The molecule has 0 radical (unpaired) electrons. The van der Waals surface area contributed by atoms with Gasteiger partial charge in [-0.05, 0) is 70.6 Å². The van der Waals surface area contributed by atoms with Crippen LogP contribution in [0.4, 0.5) is 0 Å². The van der Waals surface area contributed by atoms with Gasteiger partial charge in [-0.25, -0.2) is 4.99 Å². The highest BCUT2D eigenvalue weighted by Gasteiger charge is 2.43. The first kappa shape index (κ1) is 25.4. The van der Waals surface area contributed by atoms with Gasteiger partial charge in [0, 0.05) is 11.6 Å². The van der Waals surface area contributed by atoms with Gasteiger partial charge in [0.2, 0.25) is 0 Å². The van der Waals surface area contributed by atoms with Crippen LogP contribution in [0.25, 0.3) is 11.1 Å². The second-order valence-electron chi connectivity index (χ2n) is 9.20. The molecule has 4 aromatic rings. The number of rotatable bonds is 7. The predicted molar refractivity (Wildman–Crippen MR) is 149 cm³/mol. The summed E-state index contributed by atoms with van der Waals surface area (Å²) >= 11 is 0. The summed E-state index contributed by atoms with van der Waals surface area (Å²) < 4.78 is 39.7. The van der Waals surface area contributed by atoms with Gasteiger partial charge in [0.1, 0.15) is 28.6 Å². The minimum Gasteiger partial charge on any atom is -0.497 e. The molecule has 1 heterocycles. The van der Waals surface area contributed by atoms with Crippen LogP contribution in [0.15, 0.2) is 89.9 Å². The van der Waals surface area contributed by atoms with Crippen LogP contribution in [0, 0.1) is 6.92 Å². The summed E-state index contributed by atoms with van der Waals surface area (Å²) in [6, 6.07) is 27.0. The van der Waals surface area contributed by atoms with Gasteiger partial charge in [-0.3, -0.25) is 0 Å². The molecule has 2 N–H and O–H groups in total. The highest BCUT2D eigenvalue weighted by Crippen LogP contribution is 2.47. The van der Waals surface area contributed by atoms with Crippen molar-refractivity contribution in [1.82, 2.24) is 0 Å². The Morgan fingerprint density at radius 2 is 1.53 bits per heavy atom. The summed E-state index contributed by atoms with van der Waals surface area (Å²) in [6.07, 6.45) is 1.01. The molecule has 8 heteroatoms. The minimum absolute atomic E-state index is 0.168. The lowest BCUT2D eigenvalue weighted by molar-refractivity contribution is 0.411. The maximum Gasteiger partial charge on any atom is 0.306 e. The summed E-state index contributed by atoms with van der Waals surface area (Å²) in [5.74, 6) is 1.89. The molecule has 1 aliphatic rings. The molecule has 194 valence electrons. The third-order valence-corrected chi connectivity index (χ3v) is 7.17. The Balaban J connectivity index is 1.73. The lowest BCUT2D eigenvalue weighted by Crippen LogP contribution is -2.25. The molecule has 0 amide bonds. The molecule has 7 nitrogen and oxygen atoms in total. The summed E-state index contributed by atoms with van der Waals surface area (Å²) in [6.45, 7) is 2.00. The molecule has 1 unspecified atom stereocenters. The van der Waals surface area contributed by atoms with Gasteiger partial charge < -0.3 is 19.4 Å². The summed E-state index contributed by atoms with van der Waals surface area (Å²) in [7, 11) is -0.543. The Kier molecular flexibility index (Phi) is 6.36. The van der Waals surface area contributed by atoms with E-state index >= 15 is 0 Å². The molecule has 38 heavy (non-hydrogen) atoms. The molecule has 0 aliphatic carbocycles. The Bertz CT molecular complexity index is 1680. The number of fused-ring (bicyclic) bond motifs is 1. The maximum absolute atomic E-state index is 11.8. The third kappa shape index (κ3) is 4.48. The zero-order valence-electron chi connectivity index (χ0n) is 21.6. The molecule has 0 saturated carbocycles. The Morgan fingerprint density at radius 1 is 0.789 bits per heavy atom. The van der Waals surface area contributed by atoms with Crippen molar-refractivity contribution >= 4 is 16.0 Å². The molecule has 1 atom stereocenters. The van der Waals surface area contributed by atoms with Crippen molar-refractivity contribution < 1.29 is 22.1 Å². The standard InChI is InChI=1S/C30H28N2O5S/c1-19-14-23(12-13-28(19)36-3)30(27-11-6-5-10-26(27)29(31)32-30)22-9-7-8-20(15-22)21-16-24(35-2)18-25(17-21)37-38(4,33)34/h5-18H,1-4H3,(H2,31,32). The molecule has 5 rings (SSSR count). The smallest absolute Gasteiger partial charge is 0.306 e. The number of nitrogens with two attached hydrogens (primary N) is 1. The van der Waals surface area contributed by atoms with Crippen LogP contribution in [0.1, 0.15) is 27.8 Å². The number of ether oxygens (including phenoxy) is 2. The normalized spacial score (nSPS) is 16.5. The number of nitrogens with zero attached hydrogens (tertiary/aromatic N) is 1. The first-order valence-corrected chi connectivity index (χ1v) is 13.8. The van der Waals surface area contributed by atoms with Crippen LogP contribution in [-0.2, 0) is 15.7 Å². The quantitative estimate of drug-likeness (QED) is 0.338. The van der Waals surface area contributed by atoms with Crippen molar-refractivity contribution in [2.45, 2.75) is 12.5 Å². The molecule has 0 spiro atoms. The van der Waals surface area contributed by atoms with Gasteiger partial charge in [0.05, 0.1) is 20.5 Å². The van der Waals surface area contributed by atoms with Gasteiger partial charge in [0.25, 0.3) is 0 Å². The van der Waals surface area contributed by atoms with E-state index in [0.717, 1.165) is 50.9 Å². The number of aryl methyl sites for hydroxylation is 1. The Hall–Kier alpha value is -4.30. The highest BCUT2D eigenvalue weighted by atomic mass is 32.2. The molecule has 0 saturated heterocycles. The van der Waals surface area contributed by atoms with E-state index < -0.39 is 15.7 Å². The van der Waals surface area contributed by atoms with Crippen LogP contribution < -0.4 is 19.4 Å². The van der Waals surface area contributed by atoms with E-state index in [1.54, 1.807) is 13.2 Å². The topological polar surface area (TPSA) is 100 Å². The fourth-order valence-electron chi connectivity index (χ4n) is 5.04. The molecule has 0 fully saturated rings. The summed E-state index contributed by atoms with van der Waals surface area (Å²) in [4.78, 5) is 5.08. The van der Waals surface area contributed by atoms with E-state index in [-0.39, 0.29) is 5.75 Å². The number of benzene rings is 4. The predicted octanol–water partition coefficient (Wildman–Crippen LogP) is 5.03. The fraction of sp³-hybridized carbons (Fsp3) is 0.167. The average molecular weight is 529 g/mol. The monoisotopic (exact) mass is 528 g/mol. The lowest BCUT2D eigenvalue weighted by atomic mass is 9.76. The molecule has 0 bridgehead atoms. The lowest BCUT2D eigenvalue weighted by Gasteiger charge is -2.30. The SMILES string of the molecule is COc1cc(OS(C)(=O)=O)cc(-c2cccc(C3(c4ccc(OC)c(C)c4)N=C(N)c4ccccc43)c2)c1. The van der Waals surface area contributed by atoms with Crippen LogP contribution in [-0.4, -0.2) is 34.7 Å². The second-order valence-corrected chi connectivity index (χ2v) is 10.8. The minimum atomic E-state index is -3.72. The third-order valence-electron chi connectivity index (χ3n) is 6.67. The summed E-state index contributed by atoms with van der Waals surface area (Å²) in [5, 5.41) is 0.